The van der Waals surface area contributed by atoms with Gasteiger partial charge in [0.1, 0.15) is 12.4 Å². The molecule has 1 atom stereocenters. The molecule has 2 aromatic rings. The minimum Gasteiger partial charge on any atom is -0.491 e. The van der Waals surface area contributed by atoms with Crippen LogP contribution in [-0.2, 0) is 4.74 Å². The molecular formula is C18H24FN5O2. The van der Waals surface area contributed by atoms with Crippen LogP contribution in [0.1, 0.15) is 6.42 Å². The van der Waals surface area contributed by atoms with Crippen LogP contribution in [0, 0.1) is 11.7 Å². The Morgan fingerprint density at radius 1 is 1.27 bits per heavy atom. The SMILES string of the molecule is COCCOc1ccc(Nc2ncc(F)c(NCC3CCNC3)n2)cc1. The molecule has 0 aliphatic carbocycles. The predicted molar refractivity (Wildman–Crippen MR) is 98.6 cm³/mol. The van der Waals surface area contributed by atoms with E-state index in [4.69, 9.17) is 9.47 Å². The Morgan fingerprint density at radius 3 is 2.85 bits per heavy atom. The summed E-state index contributed by atoms with van der Waals surface area (Å²) in [5.41, 5.74) is 0.793. The van der Waals surface area contributed by atoms with Crippen molar-refractivity contribution in [3.05, 3.63) is 36.3 Å². The van der Waals surface area contributed by atoms with Crippen molar-refractivity contribution in [2.75, 3.05) is 50.6 Å². The lowest BCUT2D eigenvalue weighted by atomic mass is 10.1. The van der Waals surface area contributed by atoms with E-state index in [0.29, 0.717) is 31.6 Å². The molecule has 0 spiro atoms. The van der Waals surface area contributed by atoms with Crippen LogP contribution in [0.4, 0.5) is 21.8 Å². The third-order valence-electron chi connectivity index (χ3n) is 4.13. The molecule has 0 radical (unpaired) electrons. The van der Waals surface area contributed by atoms with E-state index in [1.807, 2.05) is 24.3 Å². The number of nitrogens with one attached hydrogen (secondary N) is 3. The number of rotatable bonds is 9. The van der Waals surface area contributed by atoms with Gasteiger partial charge in [-0.15, -0.1) is 0 Å². The van der Waals surface area contributed by atoms with Gasteiger partial charge in [-0.05, 0) is 49.7 Å². The van der Waals surface area contributed by atoms with Crippen molar-refractivity contribution in [3.8, 4) is 5.75 Å². The van der Waals surface area contributed by atoms with Crippen LogP contribution < -0.4 is 20.7 Å². The van der Waals surface area contributed by atoms with Crippen molar-refractivity contribution in [3.63, 3.8) is 0 Å². The van der Waals surface area contributed by atoms with Gasteiger partial charge in [-0.3, -0.25) is 0 Å². The summed E-state index contributed by atoms with van der Waals surface area (Å²) in [6.07, 6.45) is 2.26. The van der Waals surface area contributed by atoms with Gasteiger partial charge in [0.15, 0.2) is 11.6 Å². The van der Waals surface area contributed by atoms with Crippen molar-refractivity contribution in [1.29, 1.82) is 0 Å². The second kappa shape index (κ2) is 9.30. The Kier molecular flexibility index (Phi) is 6.56. The molecule has 1 aliphatic rings. The highest BCUT2D eigenvalue weighted by Crippen LogP contribution is 2.20. The number of methoxy groups -OCH3 is 1. The molecule has 0 amide bonds. The van der Waals surface area contributed by atoms with Gasteiger partial charge < -0.3 is 25.4 Å². The zero-order chi connectivity index (χ0) is 18.2. The molecule has 1 saturated heterocycles. The Balaban J connectivity index is 1.57. The first-order valence-electron chi connectivity index (χ1n) is 8.70. The zero-order valence-corrected chi connectivity index (χ0v) is 14.8. The van der Waals surface area contributed by atoms with Crippen molar-refractivity contribution in [2.45, 2.75) is 6.42 Å². The number of ether oxygens (including phenoxy) is 2. The standard InChI is InChI=1S/C18H24FN5O2/c1-25-8-9-26-15-4-2-14(3-5-15)23-18-22-12-16(19)17(24-18)21-11-13-6-7-20-10-13/h2-5,12-13,20H,6-11H2,1H3,(H2,21,22,23,24). The molecular weight excluding hydrogens is 337 g/mol. The Hall–Kier alpha value is -2.45. The van der Waals surface area contributed by atoms with Gasteiger partial charge in [0.05, 0.1) is 12.8 Å². The highest BCUT2D eigenvalue weighted by atomic mass is 19.1. The van der Waals surface area contributed by atoms with Crippen LogP contribution >= 0.6 is 0 Å². The predicted octanol–water partition coefficient (Wildman–Crippen LogP) is 2.41. The van der Waals surface area contributed by atoms with E-state index >= 15 is 0 Å². The van der Waals surface area contributed by atoms with Crippen LogP contribution in [-0.4, -0.2) is 49.9 Å². The van der Waals surface area contributed by atoms with Crippen LogP contribution in [0.2, 0.25) is 0 Å². The quantitative estimate of drug-likeness (QED) is 0.592. The smallest absolute Gasteiger partial charge is 0.229 e. The number of anilines is 3. The maximum absolute atomic E-state index is 13.9. The molecule has 0 saturated carbocycles. The molecule has 2 heterocycles. The maximum Gasteiger partial charge on any atom is 0.229 e. The van der Waals surface area contributed by atoms with Gasteiger partial charge in [-0.1, -0.05) is 0 Å². The molecule has 1 aromatic heterocycles. The molecule has 8 heteroatoms. The lowest BCUT2D eigenvalue weighted by molar-refractivity contribution is 0.146. The van der Waals surface area contributed by atoms with Gasteiger partial charge in [-0.2, -0.15) is 4.98 Å². The highest BCUT2D eigenvalue weighted by Gasteiger charge is 2.15. The van der Waals surface area contributed by atoms with Crippen LogP contribution in [0.25, 0.3) is 0 Å². The van der Waals surface area contributed by atoms with E-state index in [1.165, 1.54) is 6.20 Å². The van der Waals surface area contributed by atoms with Gasteiger partial charge in [0.2, 0.25) is 5.95 Å². The fourth-order valence-corrected chi connectivity index (χ4v) is 2.69. The molecule has 1 aliphatic heterocycles. The summed E-state index contributed by atoms with van der Waals surface area (Å²) >= 11 is 0. The summed E-state index contributed by atoms with van der Waals surface area (Å²) in [6.45, 7) is 3.68. The molecule has 26 heavy (non-hydrogen) atoms. The van der Waals surface area contributed by atoms with Crippen molar-refractivity contribution >= 4 is 17.5 Å². The normalized spacial score (nSPS) is 16.5. The van der Waals surface area contributed by atoms with Crippen molar-refractivity contribution in [1.82, 2.24) is 15.3 Å². The Morgan fingerprint density at radius 2 is 2.12 bits per heavy atom. The number of hydrogen-bond acceptors (Lipinski definition) is 7. The molecule has 3 rings (SSSR count). The largest absolute Gasteiger partial charge is 0.491 e. The number of halogens is 1. The van der Waals surface area contributed by atoms with Gasteiger partial charge in [-0.25, -0.2) is 9.37 Å². The van der Waals surface area contributed by atoms with Gasteiger partial charge >= 0.3 is 0 Å². The molecule has 140 valence electrons. The number of nitrogens with zero attached hydrogens (tertiary/aromatic N) is 2. The van der Waals surface area contributed by atoms with E-state index in [1.54, 1.807) is 7.11 Å². The van der Waals surface area contributed by atoms with Crippen LogP contribution in [0.15, 0.2) is 30.5 Å². The van der Waals surface area contributed by atoms with Gasteiger partial charge in [0.25, 0.3) is 0 Å². The summed E-state index contributed by atoms with van der Waals surface area (Å²) in [5.74, 6) is 1.34. The molecule has 3 N–H and O–H groups in total. The number of hydrogen-bond donors (Lipinski definition) is 3. The van der Waals surface area contributed by atoms with E-state index in [9.17, 15) is 4.39 Å². The molecule has 7 nitrogen and oxygen atoms in total. The molecule has 1 unspecified atom stereocenters. The first-order chi connectivity index (χ1) is 12.7. The van der Waals surface area contributed by atoms with Crippen LogP contribution in [0.3, 0.4) is 0 Å². The number of benzene rings is 1. The van der Waals surface area contributed by atoms with E-state index in [-0.39, 0.29) is 5.82 Å². The second-order valence-electron chi connectivity index (χ2n) is 6.12. The molecule has 0 bridgehead atoms. The monoisotopic (exact) mass is 361 g/mol. The summed E-state index contributed by atoms with van der Waals surface area (Å²) in [5, 5.41) is 9.45. The third kappa shape index (κ3) is 5.27. The average molecular weight is 361 g/mol. The lowest BCUT2D eigenvalue weighted by Crippen LogP contribution is -2.18. The molecule has 1 aromatic carbocycles. The van der Waals surface area contributed by atoms with Crippen LogP contribution in [0.5, 0.6) is 5.75 Å². The maximum atomic E-state index is 13.9. The second-order valence-corrected chi connectivity index (χ2v) is 6.12. The first-order valence-corrected chi connectivity index (χ1v) is 8.70. The number of aromatic nitrogens is 2. The zero-order valence-electron chi connectivity index (χ0n) is 14.8. The fraction of sp³-hybridized carbons (Fsp3) is 0.444. The van der Waals surface area contributed by atoms with Crippen molar-refractivity contribution < 1.29 is 13.9 Å². The van der Waals surface area contributed by atoms with E-state index in [2.05, 4.69) is 25.9 Å². The Bertz CT molecular complexity index is 692. The minimum absolute atomic E-state index is 0.217. The summed E-state index contributed by atoms with van der Waals surface area (Å²) in [4.78, 5) is 8.23. The summed E-state index contributed by atoms with van der Waals surface area (Å²) in [7, 11) is 1.63. The fourth-order valence-electron chi connectivity index (χ4n) is 2.69. The average Bonchev–Trinajstić information content (AvgIpc) is 3.17. The lowest BCUT2D eigenvalue weighted by Gasteiger charge is -2.12. The Labute approximate surface area is 152 Å². The van der Waals surface area contributed by atoms with Gasteiger partial charge in [0, 0.05) is 19.3 Å². The summed E-state index contributed by atoms with van der Waals surface area (Å²) < 4.78 is 24.4. The topological polar surface area (TPSA) is 80.3 Å². The highest BCUT2D eigenvalue weighted by molar-refractivity contribution is 5.56. The van der Waals surface area contributed by atoms with E-state index in [0.717, 1.165) is 30.9 Å². The first kappa shape index (κ1) is 18.3. The minimum atomic E-state index is -0.455. The van der Waals surface area contributed by atoms with Crippen molar-refractivity contribution in [2.24, 2.45) is 5.92 Å². The molecule has 1 fully saturated rings. The van der Waals surface area contributed by atoms with E-state index < -0.39 is 5.82 Å². The third-order valence-corrected chi connectivity index (χ3v) is 4.13. The summed E-state index contributed by atoms with van der Waals surface area (Å²) in [6, 6.07) is 7.39.